The Labute approximate surface area is 201 Å². The number of urea groups is 1. The number of carbonyl (C=O) groups excluding carboxylic acids is 2. The molecule has 1 fully saturated rings. The van der Waals surface area contributed by atoms with Gasteiger partial charge >= 0.3 is 6.03 Å². The Balaban J connectivity index is 1.54. The Kier molecular flexibility index (Phi) is 5.69. The van der Waals surface area contributed by atoms with E-state index in [1.54, 1.807) is 35.1 Å². The van der Waals surface area contributed by atoms with Crippen molar-refractivity contribution in [3.05, 3.63) is 89.2 Å². The molecule has 3 amide bonds. The molecule has 1 atom stereocenters. The molecule has 1 spiro atoms. The van der Waals surface area contributed by atoms with E-state index in [0.29, 0.717) is 40.5 Å². The standard InChI is InChI=1S/C26H24FN3O3S/c1-17-6-8-20(9-7-17)28-25(32)30-12-13-34-26(30)22-15-21(33-2)10-11-23(22)29(24(26)31)16-18-4-3-5-19(27)14-18/h3-11,14-15H,12-13,16H2,1-2H3,(H,28,32)/t26-/m1/s1. The van der Waals surface area contributed by atoms with Crippen LogP contribution in [-0.2, 0) is 16.2 Å². The molecule has 1 N–H and O–H groups in total. The fraction of sp³-hybridized carbons (Fsp3) is 0.231. The fourth-order valence-electron chi connectivity index (χ4n) is 4.52. The quantitative estimate of drug-likeness (QED) is 0.566. The Morgan fingerprint density at radius 3 is 2.68 bits per heavy atom. The second-order valence-corrected chi connectivity index (χ2v) is 9.63. The summed E-state index contributed by atoms with van der Waals surface area (Å²) >= 11 is 1.43. The van der Waals surface area contributed by atoms with E-state index in [1.807, 2.05) is 43.3 Å². The Bertz CT molecular complexity index is 1270. The minimum absolute atomic E-state index is 0.200. The van der Waals surface area contributed by atoms with Crippen LogP contribution >= 0.6 is 11.8 Å². The summed E-state index contributed by atoms with van der Waals surface area (Å²) in [5.41, 5.74) is 3.82. The van der Waals surface area contributed by atoms with Gasteiger partial charge in [0.1, 0.15) is 11.6 Å². The van der Waals surface area contributed by atoms with Crippen molar-refractivity contribution in [1.82, 2.24) is 4.90 Å². The highest BCUT2D eigenvalue weighted by Crippen LogP contribution is 2.55. The molecule has 3 aromatic rings. The number of rotatable bonds is 4. The second kappa shape index (κ2) is 8.68. The number of hydrogen-bond donors (Lipinski definition) is 1. The molecule has 5 rings (SSSR count). The van der Waals surface area contributed by atoms with Gasteiger partial charge in [-0.2, -0.15) is 0 Å². The van der Waals surface area contributed by atoms with Gasteiger partial charge in [0.25, 0.3) is 5.91 Å². The number of hydrogen-bond acceptors (Lipinski definition) is 4. The van der Waals surface area contributed by atoms with E-state index < -0.39 is 4.87 Å². The number of nitrogens with zero attached hydrogens (tertiary/aromatic N) is 2. The molecule has 2 heterocycles. The smallest absolute Gasteiger partial charge is 0.323 e. The van der Waals surface area contributed by atoms with Gasteiger partial charge in [0.05, 0.1) is 19.3 Å². The van der Waals surface area contributed by atoms with Gasteiger partial charge in [-0.3, -0.25) is 9.69 Å². The number of benzene rings is 3. The summed E-state index contributed by atoms with van der Waals surface area (Å²) in [5, 5.41) is 2.94. The summed E-state index contributed by atoms with van der Waals surface area (Å²) in [6.45, 7) is 2.59. The third-order valence-corrected chi connectivity index (χ3v) is 7.60. The molecule has 1 saturated heterocycles. The van der Waals surface area contributed by atoms with Gasteiger partial charge in [0.2, 0.25) is 0 Å². The topological polar surface area (TPSA) is 61.9 Å². The predicted molar refractivity (Wildman–Crippen MR) is 132 cm³/mol. The summed E-state index contributed by atoms with van der Waals surface area (Å²) < 4.78 is 19.3. The molecule has 0 aliphatic carbocycles. The number of aryl methyl sites for hydroxylation is 1. The molecule has 2 aliphatic rings. The van der Waals surface area contributed by atoms with Crippen molar-refractivity contribution in [1.29, 1.82) is 0 Å². The monoisotopic (exact) mass is 477 g/mol. The van der Waals surface area contributed by atoms with Crippen LogP contribution in [0.1, 0.15) is 16.7 Å². The van der Waals surface area contributed by atoms with Crippen LogP contribution in [0.3, 0.4) is 0 Å². The van der Waals surface area contributed by atoms with E-state index in [0.717, 1.165) is 5.56 Å². The molecular formula is C26H24FN3O3S. The van der Waals surface area contributed by atoms with E-state index in [9.17, 15) is 14.0 Å². The molecule has 174 valence electrons. The first-order valence-corrected chi connectivity index (χ1v) is 11.9. The van der Waals surface area contributed by atoms with Crippen LogP contribution in [0.15, 0.2) is 66.7 Å². The Morgan fingerprint density at radius 1 is 1.15 bits per heavy atom. The number of nitrogens with one attached hydrogen (secondary N) is 1. The molecule has 8 heteroatoms. The lowest BCUT2D eigenvalue weighted by molar-refractivity contribution is -0.123. The van der Waals surface area contributed by atoms with Crippen molar-refractivity contribution in [3.8, 4) is 5.75 Å². The fourth-order valence-corrected chi connectivity index (χ4v) is 5.98. The average Bonchev–Trinajstić information content (AvgIpc) is 3.37. The average molecular weight is 478 g/mol. The van der Waals surface area contributed by atoms with Gasteiger partial charge < -0.3 is 15.0 Å². The number of amides is 3. The molecule has 0 saturated carbocycles. The van der Waals surface area contributed by atoms with Crippen molar-refractivity contribution < 1.29 is 18.7 Å². The third kappa shape index (κ3) is 3.68. The number of carbonyl (C=O) groups is 2. The van der Waals surface area contributed by atoms with Crippen molar-refractivity contribution in [2.75, 3.05) is 29.6 Å². The number of ether oxygens (including phenoxy) is 1. The summed E-state index contributed by atoms with van der Waals surface area (Å²) in [4.78, 5) is 29.5. The van der Waals surface area contributed by atoms with E-state index in [2.05, 4.69) is 5.32 Å². The molecule has 34 heavy (non-hydrogen) atoms. The summed E-state index contributed by atoms with van der Waals surface area (Å²) in [6, 6.07) is 18.8. The number of anilines is 2. The van der Waals surface area contributed by atoms with Crippen LogP contribution in [0.2, 0.25) is 0 Å². The SMILES string of the molecule is COc1ccc2c(c1)[C@@]1(SCCN1C(=O)Nc1ccc(C)cc1)C(=O)N2Cc1cccc(F)c1. The zero-order valence-electron chi connectivity index (χ0n) is 18.9. The van der Waals surface area contributed by atoms with Gasteiger partial charge in [0, 0.05) is 23.5 Å². The highest BCUT2D eigenvalue weighted by molar-refractivity contribution is 8.01. The van der Waals surface area contributed by atoms with Gasteiger partial charge in [-0.05, 0) is 55.0 Å². The number of halogens is 1. The Hall–Kier alpha value is -3.52. The van der Waals surface area contributed by atoms with Crippen LogP contribution in [-0.4, -0.2) is 36.2 Å². The maximum Gasteiger partial charge on any atom is 0.323 e. The largest absolute Gasteiger partial charge is 0.497 e. The first kappa shape index (κ1) is 22.3. The second-order valence-electron chi connectivity index (χ2n) is 8.34. The van der Waals surface area contributed by atoms with Crippen molar-refractivity contribution in [2.24, 2.45) is 0 Å². The normalized spacial score (nSPS) is 19.0. The molecule has 3 aromatic carbocycles. The van der Waals surface area contributed by atoms with E-state index in [4.69, 9.17) is 4.74 Å². The number of fused-ring (bicyclic) bond motifs is 2. The predicted octanol–water partition coefficient (Wildman–Crippen LogP) is 5.12. The third-order valence-electron chi connectivity index (χ3n) is 6.18. The number of thioether (sulfide) groups is 1. The van der Waals surface area contributed by atoms with Crippen LogP contribution in [0.5, 0.6) is 5.75 Å². The zero-order valence-corrected chi connectivity index (χ0v) is 19.7. The highest BCUT2D eigenvalue weighted by Gasteiger charge is 2.59. The first-order valence-electron chi connectivity index (χ1n) is 11.0. The minimum atomic E-state index is -1.22. The van der Waals surface area contributed by atoms with Gasteiger partial charge in [-0.1, -0.05) is 29.8 Å². The maximum atomic E-state index is 14.0. The van der Waals surface area contributed by atoms with Crippen molar-refractivity contribution >= 4 is 35.1 Å². The molecule has 0 bridgehead atoms. The van der Waals surface area contributed by atoms with Crippen LogP contribution in [0.25, 0.3) is 0 Å². The molecule has 0 radical (unpaired) electrons. The van der Waals surface area contributed by atoms with Crippen molar-refractivity contribution in [3.63, 3.8) is 0 Å². The summed E-state index contributed by atoms with van der Waals surface area (Å²) in [5.74, 6) is 0.631. The highest BCUT2D eigenvalue weighted by atomic mass is 32.2. The van der Waals surface area contributed by atoms with Crippen LogP contribution in [0, 0.1) is 12.7 Å². The lowest BCUT2D eigenvalue weighted by atomic mass is 10.1. The first-order chi connectivity index (χ1) is 16.4. The molecule has 6 nitrogen and oxygen atoms in total. The van der Waals surface area contributed by atoms with Gasteiger partial charge in [-0.25, -0.2) is 9.18 Å². The van der Waals surface area contributed by atoms with E-state index in [-0.39, 0.29) is 24.3 Å². The van der Waals surface area contributed by atoms with E-state index >= 15 is 0 Å². The van der Waals surface area contributed by atoms with Gasteiger partial charge in [-0.15, -0.1) is 11.8 Å². The van der Waals surface area contributed by atoms with Crippen molar-refractivity contribution in [2.45, 2.75) is 18.3 Å². The molecule has 2 aliphatic heterocycles. The van der Waals surface area contributed by atoms with Crippen LogP contribution in [0.4, 0.5) is 20.6 Å². The summed E-state index contributed by atoms with van der Waals surface area (Å²) in [6.07, 6.45) is 0. The minimum Gasteiger partial charge on any atom is -0.497 e. The molecular weight excluding hydrogens is 453 g/mol. The van der Waals surface area contributed by atoms with Gasteiger partial charge in [0.15, 0.2) is 4.87 Å². The lowest BCUT2D eigenvalue weighted by Crippen LogP contribution is -2.51. The maximum absolute atomic E-state index is 14.0. The summed E-state index contributed by atoms with van der Waals surface area (Å²) in [7, 11) is 1.57. The zero-order chi connectivity index (χ0) is 23.9. The molecule has 0 unspecified atom stereocenters. The number of methoxy groups -OCH3 is 1. The Morgan fingerprint density at radius 2 is 1.94 bits per heavy atom. The molecule has 0 aromatic heterocycles. The van der Waals surface area contributed by atoms with Crippen LogP contribution < -0.4 is 15.0 Å². The lowest BCUT2D eigenvalue weighted by Gasteiger charge is -2.33. The van der Waals surface area contributed by atoms with E-state index in [1.165, 1.54) is 23.9 Å².